The molecule has 1 unspecified atom stereocenters. The lowest BCUT2D eigenvalue weighted by Crippen LogP contribution is -2.05. The van der Waals surface area contributed by atoms with Gasteiger partial charge in [0.2, 0.25) is 0 Å². The molecule has 0 amide bonds. The van der Waals surface area contributed by atoms with Crippen LogP contribution in [0.1, 0.15) is 44.0 Å². The SMILES string of the molecule is CC(C)c1cc2c(C(C)N)cccc2n1C. The first kappa shape index (κ1) is 11.2. The van der Waals surface area contributed by atoms with Crippen LogP contribution in [0.2, 0.25) is 0 Å². The summed E-state index contributed by atoms with van der Waals surface area (Å²) in [6, 6.07) is 8.74. The van der Waals surface area contributed by atoms with Crippen molar-refractivity contribution in [3.05, 3.63) is 35.5 Å². The molecule has 16 heavy (non-hydrogen) atoms. The Morgan fingerprint density at radius 2 is 1.88 bits per heavy atom. The number of hydrogen-bond donors (Lipinski definition) is 1. The molecule has 1 heterocycles. The van der Waals surface area contributed by atoms with E-state index in [0.717, 1.165) is 0 Å². The van der Waals surface area contributed by atoms with Gasteiger partial charge in [-0.3, -0.25) is 0 Å². The molecule has 86 valence electrons. The summed E-state index contributed by atoms with van der Waals surface area (Å²) in [6.45, 7) is 6.48. The molecule has 0 aliphatic heterocycles. The van der Waals surface area contributed by atoms with Gasteiger partial charge in [-0.05, 0) is 30.5 Å². The van der Waals surface area contributed by atoms with Crippen LogP contribution in [0, 0.1) is 0 Å². The number of aromatic nitrogens is 1. The highest BCUT2D eigenvalue weighted by Crippen LogP contribution is 2.28. The minimum atomic E-state index is 0.0890. The Morgan fingerprint density at radius 3 is 2.44 bits per heavy atom. The third-order valence-electron chi connectivity index (χ3n) is 3.24. The van der Waals surface area contributed by atoms with Crippen molar-refractivity contribution in [2.75, 3.05) is 0 Å². The highest BCUT2D eigenvalue weighted by molar-refractivity contribution is 5.85. The Morgan fingerprint density at radius 1 is 1.19 bits per heavy atom. The van der Waals surface area contributed by atoms with E-state index >= 15 is 0 Å². The van der Waals surface area contributed by atoms with Crippen LogP contribution >= 0.6 is 0 Å². The first-order chi connectivity index (χ1) is 7.52. The van der Waals surface area contributed by atoms with Gasteiger partial charge < -0.3 is 10.3 Å². The van der Waals surface area contributed by atoms with Crippen LogP contribution in [0.25, 0.3) is 10.9 Å². The highest BCUT2D eigenvalue weighted by atomic mass is 14.9. The van der Waals surface area contributed by atoms with Gasteiger partial charge in [-0.2, -0.15) is 0 Å². The normalized spacial score (nSPS) is 13.6. The predicted molar refractivity (Wildman–Crippen MR) is 69.6 cm³/mol. The molecule has 0 saturated carbocycles. The monoisotopic (exact) mass is 216 g/mol. The smallest absolute Gasteiger partial charge is 0.0483 e. The topological polar surface area (TPSA) is 30.9 Å². The van der Waals surface area contributed by atoms with Crippen LogP contribution in [0.4, 0.5) is 0 Å². The van der Waals surface area contributed by atoms with Crippen molar-refractivity contribution in [1.29, 1.82) is 0 Å². The van der Waals surface area contributed by atoms with Crippen molar-refractivity contribution in [2.45, 2.75) is 32.7 Å². The predicted octanol–water partition coefficient (Wildman–Crippen LogP) is 3.32. The van der Waals surface area contributed by atoms with E-state index in [1.54, 1.807) is 0 Å². The van der Waals surface area contributed by atoms with E-state index in [1.807, 2.05) is 6.92 Å². The Labute approximate surface area is 97.1 Å². The largest absolute Gasteiger partial charge is 0.347 e. The summed E-state index contributed by atoms with van der Waals surface area (Å²) in [7, 11) is 2.13. The number of hydrogen-bond acceptors (Lipinski definition) is 1. The van der Waals surface area contributed by atoms with Crippen LogP contribution in [-0.4, -0.2) is 4.57 Å². The van der Waals surface area contributed by atoms with E-state index in [2.05, 4.69) is 49.7 Å². The number of rotatable bonds is 2. The minimum absolute atomic E-state index is 0.0890. The molecule has 0 fully saturated rings. The molecular weight excluding hydrogens is 196 g/mol. The maximum atomic E-state index is 6.01. The average Bonchev–Trinajstić information content (AvgIpc) is 2.56. The molecule has 0 aliphatic carbocycles. The quantitative estimate of drug-likeness (QED) is 0.820. The number of nitrogens with zero attached hydrogens (tertiary/aromatic N) is 1. The molecule has 1 aromatic carbocycles. The Balaban J connectivity index is 2.75. The van der Waals surface area contributed by atoms with Gasteiger partial charge in [0.15, 0.2) is 0 Å². The van der Waals surface area contributed by atoms with Gasteiger partial charge in [-0.25, -0.2) is 0 Å². The fourth-order valence-corrected chi connectivity index (χ4v) is 2.35. The third kappa shape index (κ3) is 1.63. The van der Waals surface area contributed by atoms with Crippen LogP contribution in [-0.2, 0) is 7.05 Å². The second-order valence-corrected chi connectivity index (χ2v) is 4.85. The molecule has 2 N–H and O–H groups in total. The van der Waals surface area contributed by atoms with Crippen molar-refractivity contribution in [3.63, 3.8) is 0 Å². The van der Waals surface area contributed by atoms with Gasteiger partial charge in [-0.15, -0.1) is 0 Å². The number of fused-ring (bicyclic) bond motifs is 1. The number of nitrogens with two attached hydrogens (primary N) is 1. The fourth-order valence-electron chi connectivity index (χ4n) is 2.35. The summed E-state index contributed by atoms with van der Waals surface area (Å²) >= 11 is 0. The summed E-state index contributed by atoms with van der Waals surface area (Å²) in [5, 5.41) is 1.30. The lowest BCUT2D eigenvalue weighted by atomic mass is 10.0. The molecule has 1 atom stereocenters. The molecular formula is C14H20N2. The van der Waals surface area contributed by atoms with E-state index in [0.29, 0.717) is 5.92 Å². The summed E-state index contributed by atoms with van der Waals surface area (Å²) < 4.78 is 2.27. The first-order valence-electron chi connectivity index (χ1n) is 5.86. The molecule has 2 rings (SSSR count). The molecule has 2 aromatic rings. The second-order valence-electron chi connectivity index (χ2n) is 4.85. The lowest BCUT2D eigenvalue weighted by molar-refractivity contribution is 0.755. The molecule has 0 radical (unpaired) electrons. The Bertz CT molecular complexity index is 507. The maximum absolute atomic E-state index is 6.01. The van der Waals surface area contributed by atoms with E-state index in [9.17, 15) is 0 Å². The van der Waals surface area contributed by atoms with Gasteiger partial charge in [0.1, 0.15) is 0 Å². The second kappa shape index (κ2) is 3.95. The summed E-state index contributed by atoms with van der Waals surface area (Å²) in [5.74, 6) is 0.540. The van der Waals surface area contributed by atoms with E-state index in [-0.39, 0.29) is 6.04 Å². The van der Waals surface area contributed by atoms with E-state index in [1.165, 1.54) is 22.2 Å². The molecule has 2 heteroatoms. The molecule has 0 saturated heterocycles. The summed E-state index contributed by atoms with van der Waals surface area (Å²) in [6.07, 6.45) is 0. The van der Waals surface area contributed by atoms with Crippen molar-refractivity contribution in [1.82, 2.24) is 4.57 Å². The average molecular weight is 216 g/mol. The molecule has 0 bridgehead atoms. The minimum Gasteiger partial charge on any atom is -0.347 e. The standard InChI is InChI=1S/C14H20N2/c1-9(2)14-8-12-11(10(3)15)6-5-7-13(12)16(14)4/h5-10H,15H2,1-4H3. The van der Waals surface area contributed by atoms with Crippen molar-refractivity contribution in [3.8, 4) is 0 Å². The third-order valence-corrected chi connectivity index (χ3v) is 3.24. The molecule has 1 aromatic heterocycles. The van der Waals surface area contributed by atoms with Crippen LogP contribution < -0.4 is 5.73 Å². The van der Waals surface area contributed by atoms with Gasteiger partial charge in [0, 0.05) is 29.7 Å². The van der Waals surface area contributed by atoms with Crippen LogP contribution in [0.5, 0.6) is 0 Å². The Kier molecular flexibility index (Phi) is 2.76. The van der Waals surface area contributed by atoms with Crippen molar-refractivity contribution >= 4 is 10.9 Å². The summed E-state index contributed by atoms with van der Waals surface area (Å²) in [5.41, 5.74) is 9.88. The van der Waals surface area contributed by atoms with Gasteiger partial charge >= 0.3 is 0 Å². The van der Waals surface area contributed by atoms with Crippen molar-refractivity contribution < 1.29 is 0 Å². The molecule has 0 spiro atoms. The first-order valence-corrected chi connectivity index (χ1v) is 5.86. The molecule has 0 aliphatic rings. The number of aryl methyl sites for hydroxylation is 1. The summed E-state index contributed by atoms with van der Waals surface area (Å²) in [4.78, 5) is 0. The van der Waals surface area contributed by atoms with Crippen LogP contribution in [0.15, 0.2) is 24.3 Å². The Hall–Kier alpha value is -1.28. The van der Waals surface area contributed by atoms with Gasteiger partial charge in [-0.1, -0.05) is 26.0 Å². The zero-order chi connectivity index (χ0) is 11.9. The van der Waals surface area contributed by atoms with Crippen LogP contribution in [0.3, 0.4) is 0 Å². The van der Waals surface area contributed by atoms with Gasteiger partial charge in [0.25, 0.3) is 0 Å². The molecule has 2 nitrogen and oxygen atoms in total. The van der Waals surface area contributed by atoms with E-state index in [4.69, 9.17) is 5.73 Å². The van der Waals surface area contributed by atoms with Crippen molar-refractivity contribution in [2.24, 2.45) is 12.8 Å². The zero-order valence-electron chi connectivity index (χ0n) is 10.5. The van der Waals surface area contributed by atoms with E-state index < -0.39 is 0 Å². The zero-order valence-corrected chi connectivity index (χ0v) is 10.5. The highest BCUT2D eigenvalue weighted by Gasteiger charge is 2.12. The number of benzene rings is 1. The fraction of sp³-hybridized carbons (Fsp3) is 0.429. The maximum Gasteiger partial charge on any atom is 0.0483 e. The lowest BCUT2D eigenvalue weighted by Gasteiger charge is -2.08. The van der Waals surface area contributed by atoms with Gasteiger partial charge in [0.05, 0.1) is 0 Å².